The van der Waals surface area contributed by atoms with E-state index in [0.29, 0.717) is 23.7 Å². The Labute approximate surface area is 149 Å². The van der Waals surface area contributed by atoms with Crippen molar-refractivity contribution in [2.75, 3.05) is 5.32 Å². The topological polar surface area (TPSA) is 89.1 Å². The average Bonchev–Trinajstić information content (AvgIpc) is 3.26. The smallest absolute Gasteiger partial charge is 0.319 e. The Hall–Kier alpha value is -3.68. The van der Waals surface area contributed by atoms with Crippen LogP contribution >= 0.6 is 0 Å². The van der Waals surface area contributed by atoms with Crippen LogP contribution in [0.25, 0.3) is 17.2 Å². The molecule has 2 N–H and O–H groups in total. The number of aryl methyl sites for hydroxylation is 1. The summed E-state index contributed by atoms with van der Waals surface area (Å²) in [7, 11) is 1.95. The van der Waals surface area contributed by atoms with E-state index < -0.39 is 0 Å². The first-order chi connectivity index (χ1) is 12.7. The van der Waals surface area contributed by atoms with Gasteiger partial charge in [0.15, 0.2) is 11.5 Å². The summed E-state index contributed by atoms with van der Waals surface area (Å²) >= 11 is 0. The Morgan fingerprint density at radius 1 is 1.15 bits per heavy atom. The molecule has 0 aliphatic carbocycles. The van der Waals surface area contributed by atoms with Crippen LogP contribution in [0.15, 0.2) is 61.2 Å². The minimum absolute atomic E-state index is 0.288. The summed E-state index contributed by atoms with van der Waals surface area (Å²) in [5.74, 6) is 0.636. The summed E-state index contributed by atoms with van der Waals surface area (Å²) in [5, 5.41) is 10.1. The van der Waals surface area contributed by atoms with Crippen molar-refractivity contribution < 1.29 is 4.79 Å². The molecule has 4 heterocycles. The third-order valence-electron chi connectivity index (χ3n) is 3.96. The molecule has 0 spiro atoms. The molecule has 0 bridgehead atoms. The molecule has 0 aliphatic heterocycles. The fraction of sp³-hybridized carbons (Fsp3) is 0.111. The van der Waals surface area contributed by atoms with Crippen molar-refractivity contribution in [2.45, 2.75) is 6.54 Å². The van der Waals surface area contributed by atoms with Gasteiger partial charge in [-0.05, 0) is 42.0 Å². The van der Waals surface area contributed by atoms with Gasteiger partial charge in [-0.3, -0.25) is 4.98 Å². The maximum atomic E-state index is 12.1. The van der Waals surface area contributed by atoms with Crippen LogP contribution in [0.3, 0.4) is 0 Å². The zero-order chi connectivity index (χ0) is 17.9. The summed E-state index contributed by atoms with van der Waals surface area (Å²) in [6, 6.07) is 10.9. The standard InChI is InChI=1S/C18H17N7O/c1-24-10-2-3-15(24)17-22-16-5-4-14(12-25(16)23-17)21-18(26)20-11-13-6-8-19-9-7-13/h2-10,12H,11H2,1H3,(H2,20,21,26). The first-order valence-electron chi connectivity index (χ1n) is 8.11. The van der Waals surface area contributed by atoms with Crippen molar-refractivity contribution >= 4 is 17.4 Å². The van der Waals surface area contributed by atoms with Gasteiger partial charge in [0.2, 0.25) is 0 Å². The number of nitrogens with one attached hydrogen (secondary N) is 2. The first-order valence-corrected chi connectivity index (χ1v) is 8.11. The Morgan fingerprint density at radius 3 is 2.77 bits per heavy atom. The third kappa shape index (κ3) is 3.25. The molecular weight excluding hydrogens is 330 g/mol. The Kier molecular flexibility index (Phi) is 4.06. The highest BCUT2D eigenvalue weighted by molar-refractivity contribution is 5.89. The van der Waals surface area contributed by atoms with E-state index in [4.69, 9.17) is 0 Å². The predicted molar refractivity (Wildman–Crippen MR) is 97.5 cm³/mol. The molecule has 130 valence electrons. The highest BCUT2D eigenvalue weighted by Gasteiger charge is 2.10. The van der Waals surface area contributed by atoms with Gasteiger partial charge in [0.05, 0.1) is 17.6 Å². The van der Waals surface area contributed by atoms with Gasteiger partial charge in [0, 0.05) is 32.2 Å². The Balaban J connectivity index is 1.47. The van der Waals surface area contributed by atoms with Crippen LogP contribution in [-0.2, 0) is 13.6 Å². The van der Waals surface area contributed by atoms with E-state index in [9.17, 15) is 4.79 Å². The number of hydrogen-bond acceptors (Lipinski definition) is 4. The molecule has 0 saturated heterocycles. The maximum absolute atomic E-state index is 12.1. The zero-order valence-corrected chi connectivity index (χ0v) is 14.1. The van der Waals surface area contributed by atoms with Crippen molar-refractivity contribution in [3.05, 3.63) is 66.7 Å². The number of anilines is 1. The van der Waals surface area contributed by atoms with Gasteiger partial charge in [-0.1, -0.05) is 0 Å². The summed E-state index contributed by atoms with van der Waals surface area (Å²) in [6.45, 7) is 0.428. The Morgan fingerprint density at radius 2 is 2.00 bits per heavy atom. The molecule has 4 aromatic rings. The van der Waals surface area contributed by atoms with Crippen molar-refractivity contribution in [1.82, 2.24) is 29.5 Å². The second-order valence-corrected chi connectivity index (χ2v) is 5.82. The van der Waals surface area contributed by atoms with Crippen LogP contribution < -0.4 is 10.6 Å². The lowest BCUT2D eigenvalue weighted by Gasteiger charge is -2.07. The van der Waals surface area contributed by atoms with Crippen LogP contribution in [0.4, 0.5) is 10.5 Å². The van der Waals surface area contributed by atoms with Gasteiger partial charge < -0.3 is 15.2 Å². The van der Waals surface area contributed by atoms with Gasteiger partial charge in [-0.15, -0.1) is 5.10 Å². The number of pyridine rings is 2. The number of nitrogens with zero attached hydrogens (tertiary/aromatic N) is 5. The normalized spacial score (nSPS) is 10.8. The van der Waals surface area contributed by atoms with Gasteiger partial charge in [-0.25, -0.2) is 14.3 Å². The van der Waals surface area contributed by atoms with Crippen molar-refractivity contribution in [3.63, 3.8) is 0 Å². The molecule has 26 heavy (non-hydrogen) atoms. The molecule has 0 fully saturated rings. The van der Waals surface area contributed by atoms with Crippen LogP contribution in [0.5, 0.6) is 0 Å². The molecule has 0 aliphatic rings. The molecule has 0 radical (unpaired) electrons. The van der Waals surface area contributed by atoms with E-state index in [-0.39, 0.29) is 6.03 Å². The first kappa shape index (κ1) is 15.8. The molecule has 0 saturated carbocycles. The van der Waals surface area contributed by atoms with Crippen LogP contribution in [0.2, 0.25) is 0 Å². The highest BCUT2D eigenvalue weighted by Crippen LogP contribution is 2.17. The van der Waals surface area contributed by atoms with E-state index in [1.165, 1.54) is 0 Å². The lowest BCUT2D eigenvalue weighted by molar-refractivity contribution is 0.251. The molecule has 2 amide bonds. The Bertz CT molecular complexity index is 1050. The number of amides is 2. The average molecular weight is 347 g/mol. The number of urea groups is 1. The summed E-state index contributed by atoms with van der Waals surface area (Å²) in [4.78, 5) is 20.5. The van der Waals surface area contributed by atoms with Gasteiger partial charge in [0.25, 0.3) is 0 Å². The van der Waals surface area contributed by atoms with E-state index in [2.05, 4.69) is 25.7 Å². The monoisotopic (exact) mass is 347 g/mol. The lowest BCUT2D eigenvalue weighted by Crippen LogP contribution is -2.28. The second-order valence-electron chi connectivity index (χ2n) is 5.82. The molecule has 4 aromatic heterocycles. The van der Waals surface area contributed by atoms with Crippen LogP contribution in [0, 0.1) is 0 Å². The highest BCUT2D eigenvalue weighted by atomic mass is 16.2. The van der Waals surface area contributed by atoms with E-state index in [0.717, 1.165) is 11.3 Å². The van der Waals surface area contributed by atoms with Gasteiger partial charge in [0.1, 0.15) is 0 Å². The molecule has 8 heteroatoms. The minimum Gasteiger partial charge on any atom is -0.348 e. The van der Waals surface area contributed by atoms with Gasteiger partial charge >= 0.3 is 6.03 Å². The molecule has 0 aromatic carbocycles. The lowest BCUT2D eigenvalue weighted by atomic mass is 10.3. The fourth-order valence-electron chi connectivity index (χ4n) is 2.62. The van der Waals surface area contributed by atoms with Crippen molar-refractivity contribution in [2.24, 2.45) is 7.05 Å². The summed E-state index contributed by atoms with van der Waals surface area (Å²) in [5.41, 5.74) is 3.25. The molecule has 0 unspecified atom stereocenters. The largest absolute Gasteiger partial charge is 0.348 e. The minimum atomic E-state index is -0.288. The molecule has 0 atom stereocenters. The number of carbonyl (C=O) groups is 1. The van der Waals surface area contributed by atoms with Crippen molar-refractivity contribution in [3.8, 4) is 11.5 Å². The number of fused-ring (bicyclic) bond motifs is 1. The van der Waals surface area contributed by atoms with Gasteiger partial charge in [-0.2, -0.15) is 0 Å². The summed E-state index contributed by atoms with van der Waals surface area (Å²) in [6.07, 6.45) is 7.07. The molecular formula is C18H17N7O. The molecule has 8 nitrogen and oxygen atoms in total. The van der Waals surface area contributed by atoms with Crippen molar-refractivity contribution in [1.29, 1.82) is 0 Å². The van der Waals surface area contributed by atoms with E-state index >= 15 is 0 Å². The van der Waals surface area contributed by atoms with Crippen LogP contribution in [-0.4, -0.2) is 30.2 Å². The number of hydrogen-bond donors (Lipinski definition) is 2. The quantitative estimate of drug-likeness (QED) is 0.593. The fourth-order valence-corrected chi connectivity index (χ4v) is 2.62. The number of aromatic nitrogens is 5. The number of carbonyl (C=O) groups excluding carboxylic acids is 1. The maximum Gasteiger partial charge on any atom is 0.319 e. The SMILES string of the molecule is Cn1cccc1-c1nc2ccc(NC(=O)NCc3ccncc3)cn2n1. The van der Waals surface area contributed by atoms with E-state index in [1.807, 2.05) is 48.1 Å². The second kappa shape index (κ2) is 6.67. The number of rotatable bonds is 4. The zero-order valence-electron chi connectivity index (χ0n) is 14.1. The predicted octanol–water partition coefficient (Wildman–Crippen LogP) is 2.45. The summed E-state index contributed by atoms with van der Waals surface area (Å²) < 4.78 is 3.61. The third-order valence-corrected chi connectivity index (χ3v) is 3.96. The van der Waals surface area contributed by atoms with Crippen LogP contribution in [0.1, 0.15) is 5.56 Å². The van der Waals surface area contributed by atoms with E-state index in [1.54, 1.807) is 29.2 Å². The molecule has 4 rings (SSSR count).